The lowest BCUT2D eigenvalue weighted by Gasteiger charge is -2.16. The van der Waals surface area contributed by atoms with Crippen molar-refractivity contribution in [3.8, 4) is 0 Å². The molecule has 0 radical (unpaired) electrons. The summed E-state index contributed by atoms with van der Waals surface area (Å²) in [7, 11) is 0. The van der Waals surface area contributed by atoms with E-state index in [-0.39, 0.29) is 5.97 Å². The Bertz CT molecular complexity index is 782. The first-order valence-electron chi connectivity index (χ1n) is 7.13. The lowest BCUT2D eigenvalue weighted by molar-refractivity contribution is -0.133. The van der Waals surface area contributed by atoms with Crippen molar-refractivity contribution in [3.05, 3.63) is 82.6 Å². The molecule has 0 fully saturated rings. The van der Waals surface area contributed by atoms with Crippen molar-refractivity contribution in [3.63, 3.8) is 0 Å². The van der Waals surface area contributed by atoms with Crippen LogP contribution in [0, 0.1) is 0 Å². The number of aryl methyl sites for hydroxylation is 1. The van der Waals surface area contributed by atoms with Crippen molar-refractivity contribution < 1.29 is 9.53 Å². The predicted molar refractivity (Wildman–Crippen MR) is 82.2 cm³/mol. The number of esters is 1. The van der Waals surface area contributed by atoms with E-state index in [1.807, 2.05) is 48.5 Å². The minimum Gasteiger partial charge on any atom is -0.422 e. The number of carbonyl (C=O) groups excluding carboxylic acids is 1. The maximum absolute atomic E-state index is 12.1. The number of ether oxygens (including phenoxy) is 1. The molecule has 0 N–H and O–H groups in total. The second-order valence-electron chi connectivity index (χ2n) is 5.32. The van der Waals surface area contributed by atoms with Gasteiger partial charge in [0.25, 0.3) is 0 Å². The maximum Gasteiger partial charge on any atom is 0.340 e. The largest absolute Gasteiger partial charge is 0.422 e. The van der Waals surface area contributed by atoms with Gasteiger partial charge in [0.2, 0.25) is 0 Å². The Morgan fingerprint density at radius 3 is 2.52 bits per heavy atom. The van der Waals surface area contributed by atoms with Crippen LogP contribution in [0.3, 0.4) is 0 Å². The molecule has 1 heterocycles. The zero-order chi connectivity index (χ0) is 14.2. The summed E-state index contributed by atoms with van der Waals surface area (Å²) in [5.41, 5.74) is 5.25. The van der Waals surface area contributed by atoms with Gasteiger partial charge in [0, 0.05) is 11.1 Å². The number of benzene rings is 2. The molecule has 21 heavy (non-hydrogen) atoms. The fourth-order valence-electron chi connectivity index (χ4n) is 3.03. The van der Waals surface area contributed by atoms with Crippen LogP contribution in [0.2, 0.25) is 0 Å². The van der Waals surface area contributed by atoms with Crippen molar-refractivity contribution in [1.82, 2.24) is 0 Å². The minimum atomic E-state index is -0.193. The smallest absolute Gasteiger partial charge is 0.340 e. The van der Waals surface area contributed by atoms with Gasteiger partial charge in [-0.15, -0.1) is 0 Å². The van der Waals surface area contributed by atoms with Crippen LogP contribution < -0.4 is 0 Å². The number of hydrogen-bond acceptors (Lipinski definition) is 2. The SMILES string of the molecule is O=C1O/C(=C/c2ccccc2)C2=C1CCc1ccccc12. The third kappa shape index (κ3) is 2.00. The topological polar surface area (TPSA) is 26.3 Å². The number of fused-ring (bicyclic) bond motifs is 2. The van der Waals surface area contributed by atoms with Crippen LogP contribution in [0.1, 0.15) is 23.1 Å². The van der Waals surface area contributed by atoms with Crippen molar-refractivity contribution in [2.75, 3.05) is 0 Å². The van der Waals surface area contributed by atoms with Crippen LogP contribution in [-0.4, -0.2) is 5.97 Å². The van der Waals surface area contributed by atoms with E-state index in [2.05, 4.69) is 12.1 Å². The Morgan fingerprint density at radius 2 is 1.67 bits per heavy atom. The molecule has 1 aliphatic carbocycles. The van der Waals surface area contributed by atoms with Gasteiger partial charge in [-0.1, -0.05) is 54.6 Å². The molecule has 0 spiro atoms. The molecule has 102 valence electrons. The molecule has 4 rings (SSSR count). The summed E-state index contributed by atoms with van der Waals surface area (Å²) in [6, 6.07) is 18.2. The highest BCUT2D eigenvalue weighted by molar-refractivity contribution is 6.09. The highest BCUT2D eigenvalue weighted by atomic mass is 16.5. The molecular formula is C19H14O2. The molecule has 0 atom stereocenters. The van der Waals surface area contributed by atoms with E-state index < -0.39 is 0 Å². The lowest BCUT2D eigenvalue weighted by Crippen LogP contribution is -2.05. The molecule has 2 aromatic rings. The van der Waals surface area contributed by atoms with E-state index in [1.165, 1.54) is 5.56 Å². The highest BCUT2D eigenvalue weighted by Gasteiger charge is 2.34. The van der Waals surface area contributed by atoms with E-state index in [1.54, 1.807) is 0 Å². The Hall–Kier alpha value is -2.61. The summed E-state index contributed by atoms with van der Waals surface area (Å²) in [6.45, 7) is 0. The fraction of sp³-hybridized carbons (Fsp3) is 0.105. The van der Waals surface area contributed by atoms with Crippen molar-refractivity contribution >= 4 is 17.6 Å². The second-order valence-corrected chi connectivity index (χ2v) is 5.32. The molecule has 1 aliphatic heterocycles. The van der Waals surface area contributed by atoms with Gasteiger partial charge < -0.3 is 4.74 Å². The molecule has 2 aliphatic rings. The molecule has 0 unspecified atom stereocenters. The van der Waals surface area contributed by atoms with Crippen LogP contribution in [0.15, 0.2) is 65.9 Å². The molecular weight excluding hydrogens is 260 g/mol. The normalized spacial score (nSPS) is 18.5. The number of allylic oxidation sites excluding steroid dienone is 1. The molecule has 0 saturated carbocycles. The van der Waals surface area contributed by atoms with Gasteiger partial charge in [0.05, 0.1) is 0 Å². The molecule has 2 nitrogen and oxygen atoms in total. The van der Waals surface area contributed by atoms with Crippen molar-refractivity contribution in [2.24, 2.45) is 0 Å². The van der Waals surface area contributed by atoms with Crippen LogP contribution in [-0.2, 0) is 16.0 Å². The Balaban J connectivity index is 1.87. The van der Waals surface area contributed by atoms with E-state index in [0.29, 0.717) is 5.76 Å². The Morgan fingerprint density at radius 1 is 0.905 bits per heavy atom. The Kier molecular flexibility index (Phi) is 2.74. The van der Waals surface area contributed by atoms with E-state index in [0.717, 1.165) is 35.1 Å². The first kappa shape index (κ1) is 12.2. The van der Waals surface area contributed by atoms with Gasteiger partial charge in [0.1, 0.15) is 5.76 Å². The van der Waals surface area contributed by atoms with Crippen molar-refractivity contribution in [1.29, 1.82) is 0 Å². The zero-order valence-corrected chi connectivity index (χ0v) is 11.5. The van der Waals surface area contributed by atoms with Gasteiger partial charge in [0.15, 0.2) is 0 Å². The van der Waals surface area contributed by atoms with Crippen LogP contribution in [0.25, 0.3) is 11.6 Å². The fourth-order valence-corrected chi connectivity index (χ4v) is 3.03. The van der Waals surface area contributed by atoms with Crippen LogP contribution >= 0.6 is 0 Å². The van der Waals surface area contributed by atoms with E-state index in [4.69, 9.17) is 4.74 Å². The maximum atomic E-state index is 12.1. The molecule has 2 heteroatoms. The van der Waals surface area contributed by atoms with Crippen molar-refractivity contribution in [2.45, 2.75) is 12.8 Å². The quantitative estimate of drug-likeness (QED) is 0.735. The van der Waals surface area contributed by atoms with Gasteiger partial charge in [-0.05, 0) is 35.6 Å². The van der Waals surface area contributed by atoms with Crippen LogP contribution in [0.5, 0.6) is 0 Å². The third-order valence-electron chi connectivity index (χ3n) is 4.03. The highest BCUT2D eigenvalue weighted by Crippen LogP contribution is 2.42. The molecule has 0 aromatic heterocycles. The lowest BCUT2D eigenvalue weighted by atomic mass is 9.85. The summed E-state index contributed by atoms with van der Waals surface area (Å²) in [5, 5.41) is 0. The first-order chi connectivity index (χ1) is 10.3. The Labute approximate surface area is 123 Å². The second kappa shape index (κ2) is 4.74. The number of cyclic esters (lactones) is 1. The zero-order valence-electron chi connectivity index (χ0n) is 11.5. The summed E-state index contributed by atoms with van der Waals surface area (Å²) in [5.74, 6) is 0.482. The van der Waals surface area contributed by atoms with Gasteiger partial charge >= 0.3 is 5.97 Å². The van der Waals surface area contributed by atoms with Gasteiger partial charge in [-0.2, -0.15) is 0 Å². The molecule has 0 amide bonds. The summed E-state index contributed by atoms with van der Waals surface area (Å²) >= 11 is 0. The first-order valence-corrected chi connectivity index (χ1v) is 7.13. The van der Waals surface area contributed by atoms with E-state index >= 15 is 0 Å². The monoisotopic (exact) mass is 274 g/mol. The molecule has 2 aromatic carbocycles. The minimum absolute atomic E-state index is 0.193. The van der Waals surface area contributed by atoms with Crippen LogP contribution in [0.4, 0.5) is 0 Å². The summed E-state index contributed by atoms with van der Waals surface area (Å²) in [6.07, 6.45) is 3.61. The summed E-state index contributed by atoms with van der Waals surface area (Å²) in [4.78, 5) is 12.1. The van der Waals surface area contributed by atoms with Gasteiger partial charge in [-0.3, -0.25) is 0 Å². The third-order valence-corrected chi connectivity index (χ3v) is 4.03. The van der Waals surface area contributed by atoms with Gasteiger partial charge in [-0.25, -0.2) is 4.79 Å². The standard InChI is InChI=1S/C19H14O2/c20-19-16-11-10-14-8-4-5-9-15(14)18(16)17(21-19)12-13-6-2-1-3-7-13/h1-9,12H,10-11H2/b17-12+. The van der Waals surface area contributed by atoms with E-state index in [9.17, 15) is 4.79 Å². The predicted octanol–water partition coefficient (Wildman–Crippen LogP) is 3.98. The number of carbonyl (C=O) groups is 1. The molecule has 0 bridgehead atoms. The average molecular weight is 274 g/mol. The summed E-state index contributed by atoms with van der Waals surface area (Å²) < 4.78 is 5.52. The molecule has 0 saturated heterocycles. The average Bonchev–Trinajstić information content (AvgIpc) is 2.85. The number of hydrogen-bond donors (Lipinski definition) is 0. The number of rotatable bonds is 1.